The number of aromatic nitrogens is 2. The molecule has 132 valence electrons. The minimum Gasteiger partial charge on any atom is -0.494 e. The number of ether oxygens (including phenoxy) is 1. The van der Waals surface area contributed by atoms with Crippen LogP contribution in [0.3, 0.4) is 0 Å². The Morgan fingerprint density at radius 2 is 1.84 bits per heavy atom. The fraction of sp³-hybridized carbons (Fsp3) is 0.278. The smallest absolute Gasteiger partial charge is 0.240 e. The molecule has 0 fully saturated rings. The fourth-order valence-corrected chi connectivity index (χ4v) is 3.76. The van der Waals surface area contributed by atoms with Gasteiger partial charge in [0.25, 0.3) is 0 Å². The topological polar surface area (TPSA) is 73.2 Å². The molecule has 1 N–H and O–H groups in total. The van der Waals surface area contributed by atoms with Crippen molar-refractivity contribution in [3.05, 3.63) is 54.4 Å². The number of hydrogen-bond donors (Lipinski definition) is 1. The summed E-state index contributed by atoms with van der Waals surface area (Å²) >= 11 is 0. The number of sulfonamides is 1. The Morgan fingerprint density at radius 1 is 1.12 bits per heavy atom. The van der Waals surface area contributed by atoms with E-state index in [1.54, 1.807) is 24.3 Å². The van der Waals surface area contributed by atoms with Gasteiger partial charge in [0.05, 0.1) is 22.5 Å². The van der Waals surface area contributed by atoms with E-state index in [9.17, 15) is 8.42 Å². The van der Waals surface area contributed by atoms with Crippen LogP contribution >= 0.6 is 0 Å². The molecule has 0 aliphatic carbocycles. The number of hydrogen-bond acceptors (Lipinski definition) is 4. The first-order chi connectivity index (χ1) is 12.0. The molecule has 1 aromatic heterocycles. The lowest BCUT2D eigenvalue weighted by Crippen LogP contribution is -2.27. The maximum Gasteiger partial charge on any atom is 0.240 e. The second kappa shape index (κ2) is 7.25. The molecule has 3 rings (SSSR count). The van der Waals surface area contributed by atoms with E-state index in [0.29, 0.717) is 18.9 Å². The highest BCUT2D eigenvalue weighted by molar-refractivity contribution is 7.89. The summed E-state index contributed by atoms with van der Waals surface area (Å²) in [6.07, 6.45) is 0. The van der Waals surface area contributed by atoms with Crippen LogP contribution in [0.15, 0.2) is 53.4 Å². The van der Waals surface area contributed by atoms with Gasteiger partial charge in [-0.3, -0.25) is 0 Å². The van der Waals surface area contributed by atoms with E-state index in [1.165, 1.54) is 0 Å². The molecule has 25 heavy (non-hydrogen) atoms. The molecule has 0 saturated heterocycles. The Labute approximate surface area is 147 Å². The summed E-state index contributed by atoms with van der Waals surface area (Å²) in [5.41, 5.74) is 1.91. The summed E-state index contributed by atoms with van der Waals surface area (Å²) in [5, 5.41) is 0. The molecule has 2 aromatic carbocycles. The fourth-order valence-electron chi connectivity index (χ4n) is 2.74. The number of nitrogens with zero attached hydrogens (tertiary/aromatic N) is 2. The van der Waals surface area contributed by atoms with Gasteiger partial charge in [0.2, 0.25) is 10.0 Å². The second-order valence-electron chi connectivity index (χ2n) is 5.60. The Morgan fingerprint density at radius 3 is 2.56 bits per heavy atom. The number of nitrogens with one attached hydrogen (secondary N) is 1. The number of rotatable bonds is 7. The van der Waals surface area contributed by atoms with Crippen molar-refractivity contribution in [2.45, 2.75) is 25.3 Å². The normalized spacial score (nSPS) is 11.8. The largest absolute Gasteiger partial charge is 0.494 e. The maximum absolute atomic E-state index is 12.4. The average Bonchev–Trinajstić information content (AvgIpc) is 2.91. The number of aryl methyl sites for hydroxylation is 1. The van der Waals surface area contributed by atoms with Gasteiger partial charge in [0.15, 0.2) is 0 Å². The highest BCUT2D eigenvalue weighted by atomic mass is 32.2. The van der Waals surface area contributed by atoms with Crippen molar-refractivity contribution in [3.63, 3.8) is 0 Å². The minimum absolute atomic E-state index is 0.225. The summed E-state index contributed by atoms with van der Waals surface area (Å²) < 4.78 is 34.8. The molecule has 0 radical (unpaired) electrons. The molecular formula is C18H21N3O3S. The van der Waals surface area contributed by atoms with Crippen LogP contribution in [0.1, 0.15) is 12.7 Å². The number of benzene rings is 2. The lowest BCUT2D eigenvalue weighted by atomic mass is 10.3. The second-order valence-corrected chi connectivity index (χ2v) is 7.37. The standard InChI is InChI=1S/C18H21N3O3S/c1-3-24-15-8-10-16(11-9-15)25(22,23)19-12-13-21-14(2)20-17-6-4-5-7-18(17)21/h4-11,19H,3,12-13H2,1-2H3. The number of imidazole rings is 1. The van der Waals surface area contributed by atoms with E-state index in [4.69, 9.17) is 4.74 Å². The molecule has 0 amide bonds. The van der Waals surface area contributed by atoms with Crippen molar-refractivity contribution >= 4 is 21.1 Å². The monoisotopic (exact) mass is 359 g/mol. The highest BCUT2D eigenvalue weighted by Crippen LogP contribution is 2.17. The average molecular weight is 359 g/mol. The number of fused-ring (bicyclic) bond motifs is 1. The molecule has 7 heteroatoms. The lowest BCUT2D eigenvalue weighted by Gasteiger charge is -2.10. The molecule has 3 aromatic rings. The van der Waals surface area contributed by atoms with Crippen LogP contribution in [0.5, 0.6) is 5.75 Å². The van der Waals surface area contributed by atoms with E-state index < -0.39 is 10.0 Å². The Balaban J connectivity index is 1.68. The van der Waals surface area contributed by atoms with Crippen LogP contribution in [-0.4, -0.2) is 31.1 Å². The summed E-state index contributed by atoms with van der Waals surface area (Å²) in [6.45, 7) is 5.15. The first-order valence-electron chi connectivity index (χ1n) is 8.15. The third kappa shape index (κ3) is 3.83. The van der Waals surface area contributed by atoms with Gasteiger partial charge in [-0.1, -0.05) is 12.1 Å². The molecule has 0 unspecified atom stereocenters. The molecule has 0 aliphatic rings. The van der Waals surface area contributed by atoms with Gasteiger partial charge >= 0.3 is 0 Å². The van der Waals surface area contributed by atoms with Crippen LogP contribution in [0, 0.1) is 6.92 Å². The van der Waals surface area contributed by atoms with Crippen molar-refractivity contribution in [2.75, 3.05) is 13.2 Å². The van der Waals surface area contributed by atoms with Crippen LogP contribution in [0.2, 0.25) is 0 Å². The third-order valence-electron chi connectivity index (χ3n) is 3.92. The molecule has 0 spiro atoms. The van der Waals surface area contributed by atoms with Crippen LogP contribution in [0.25, 0.3) is 11.0 Å². The molecule has 0 saturated carbocycles. The lowest BCUT2D eigenvalue weighted by molar-refractivity contribution is 0.340. The van der Waals surface area contributed by atoms with Crippen molar-refractivity contribution in [1.82, 2.24) is 14.3 Å². The molecule has 1 heterocycles. The molecule has 0 atom stereocenters. The molecule has 6 nitrogen and oxygen atoms in total. The first kappa shape index (κ1) is 17.4. The zero-order valence-corrected chi connectivity index (χ0v) is 15.1. The minimum atomic E-state index is -3.55. The van der Waals surface area contributed by atoms with Gasteiger partial charge in [0, 0.05) is 13.1 Å². The van der Waals surface area contributed by atoms with Crippen LogP contribution < -0.4 is 9.46 Å². The molecule has 0 bridgehead atoms. The van der Waals surface area contributed by atoms with E-state index in [1.807, 2.05) is 42.7 Å². The molecular weight excluding hydrogens is 338 g/mol. The van der Waals surface area contributed by atoms with Gasteiger partial charge < -0.3 is 9.30 Å². The zero-order valence-electron chi connectivity index (χ0n) is 14.3. The summed E-state index contributed by atoms with van der Waals surface area (Å²) in [4.78, 5) is 4.71. The van der Waals surface area contributed by atoms with E-state index in [0.717, 1.165) is 16.9 Å². The van der Waals surface area contributed by atoms with Gasteiger partial charge in [0.1, 0.15) is 11.6 Å². The van der Waals surface area contributed by atoms with Crippen molar-refractivity contribution in [2.24, 2.45) is 0 Å². The highest BCUT2D eigenvalue weighted by Gasteiger charge is 2.14. The number of para-hydroxylation sites is 2. The summed E-state index contributed by atoms with van der Waals surface area (Å²) in [6, 6.07) is 14.2. The van der Waals surface area contributed by atoms with E-state index >= 15 is 0 Å². The quantitative estimate of drug-likeness (QED) is 0.704. The predicted octanol–water partition coefficient (Wildman–Crippen LogP) is 2.72. The van der Waals surface area contributed by atoms with Gasteiger partial charge in [-0.2, -0.15) is 0 Å². The maximum atomic E-state index is 12.4. The van der Waals surface area contributed by atoms with Crippen LogP contribution in [-0.2, 0) is 16.6 Å². The van der Waals surface area contributed by atoms with Crippen molar-refractivity contribution in [1.29, 1.82) is 0 Å². The van der Waals surface area contributed by atoms with Gasteiger partial charge in [-0.05, 0) is 50.2 Å². The van der Waals surface area contributed by atoms with Crippen molar-refractivity contribution < 1.29 is 13.2 Å². The SMILES string of the molecule is CCOc1ccc(S(=O)(=O)NCCn2c(C)nc3ccccc32)cc1. The Kier molecular flexibility index (Phi) is 5.06. The Bertz CT molecular complexity index is 963. The summed E-state index contributed by atoms with van der Waals surface area (Å²) in [5.74, 6) is 1.52. The van der Waals surface area contributed by atoms with Gasteiger partial charge in [-0.15, -0.1) is 0 Å². The van der Waals surface area contributed by atoms with Crippen molar-refractivity contribution in [3.8, 4) is 5.75 Å². The third-order valence-corrected chi connectivity index (χ3v) is 5.39. The predicted molar refractivity (Wildman–Crippen MR) is 97.3 cm³/mol. The van der Waals surface area contributed by atoms with E-state index in [2.05, 4.69) is 9.71 Å². The van der Waals surface area contributed by atoms with Crippen LogP contribution in [0.4, 0.5) is 0 Å². The first-order valence-corrected chi connectivity index (χ1v) is 9.64. The summed E-state index contributed by atoms with van der Waals surface area (Å²) in [7, 11) is -3.55. The Hall–Kier alpha value is -2.38. The zero-order chi connectivity index (χ0) is 17.9. The molecule has 0 aliphatic heterocycles. The van der Waals surface area contributed by atoms with Gasteiger partial charge in [-0.25, -0.2) is 18.1 Å². The van der Waals surface area contributed by atoms with E-state index in [-0.39, 0.29) is 11.4 Å².